The molecule has 0 aliphatic carbocycles. The minimum atomic E-state index is -0.920. The van der Waals surface area contributed by atoms with Gasteiger partial charge in [-0.2, -0.15) is 0 Å². The zero-order chi connectivity index (χ0) is 15.6. The third kappa shape index (κ3) is 37.4. The molecule has 22 heavy (non-hydrogen) atoms. The molecule has 0 unspecified atom stereocenters. The second-order valence-corrected chi connectivity index (χ2v) is 5.07. The average Bonchev–Trinajstić information content (AvgIpc) is 2.38. The van der Waals surface area contributed by atoms with Gasteiger partial charge in [-0.1, -0.05) is 65.2 Å². The number of hydrogen-bond donors (Lipinski definition) is 0. The molecule has 0 heterocycles. The number of aliphatic carboxylic acids is 2. The first-order valence-corrected chi connectivity index (χ1v) is 7.94. The molecule has 124 valence electrons. The van der Waals surface area contributed by atoms with Crippen LogP contribution in [-0.4, -0.2) is 60.8 Å². The topological polar surface area (TPSA) is 80.3 Å². The number of carboxylic acid groups (broad SMARTS) is 2. The summed E-state index contributed by atoms with van der Waals surface area (Å²) < 4.78 is 0. The van der Waals surface area contributed by atoms with Crippen LogP contribution in [0.5, 0.6) is 0 Å². The molecule has 0 rings (SSSR count). The van der Waals surface area contributed by atoms with E-state index in [2.05, 4.69) is 13.8 Å². The van der Waals surface area contributed by atoms with Gasteiger partial charge < -0.3 is 22.7 Å². The van der Waals surface area contributed by atoms with E-state index in [1.165, 1.54) is 25.7 Å². The van der Waals surface area contributed by atoms with Crippen LogP contribution in [-0.2, 0) is 29.1 Å². The maximum Gasteiger partial charge on any atom is 2.00 e. The Labute approximate surface area is 192 Å². The predicted octanol–water partition coefficient (Wildman–Crippen LogP) is 2.04. The Hall–Kier alpha value is 1.13. The molecule has 0 aliphatic rings. The summed E-state index contributed by atoms with van der Waals surface area (Å²) in [6.07, 6.45) is 11.2. The van der Waals surface area contributed by atoms with Gasteiger partial charge in [-0.25, -0.2) is 0 Å². The van der Waals surface area contributed by atoms with E-state index in [-0.39, 0.29) is 84.1 Å². The van der Waals surface area contributed by atoms with Crippen LogP contribution >= 0.6 is 0 Å². The minimum Gasteiger partial charge on any atom is -1.00 e. The zero-order valence-corrected chi connectivity index (χ0v) is 21.9. The smallest absolute Gasteiger partial charge is 1.00 e. The fourth-order valence-electron chi connectivity index (χ4n) is 1.75. The first-order chi connectivity index (χ1) is 9.54. The molecular formula is C16H32BaO4Zn. The number of hydrogen-bond acceptors (Lipinski definition) is 4. The summed E-state index contributed by atoms with van der Waals surface area (Å²) in [5.41, 5.74) is 0. The maximum atomic E-state index is 9.92. The average molecular weight is 491 g/mol. The van der Waals surface area contributed by atoms with Crippen molar-refractivity contribution in [1.82, 2.24) is 0 Å². The van der Waals surface area contributed by atoms with Crippen LogP contribution in [0.3, 0.4) is 0 Å². The Kier molecular flexibility index (Phi) is 38.0. The molecule has 0 fully saturated rings. The molecule has 0 aromatic rings. The minimum absolute atomic E-state index is 0. The maximum absolute atomic E-state index is 9.92. The Morgan fingerprint density at radius 2 is 0.955 bits per heavy atom. The van der Waals surface area contributed by atoms with E-state index in [1.54, 1.807) is 0 Å². The van der Waals surface area contributed by atoms with E-state index < -0.39 is 11.9 Å². The molecular weight excluding hydrogens is 459 g/mol. The van der Waals surface area contributed by atoms with Crippen molar-refractivity contribution in [3.63, 3.8) is 0 Å². The fraction of sp³-hybridized carbons (Fsp3) is 0.875. The van der Waals surface area contributed by atoms with Crippen LogP contribution in [0, 0.1) is 0 Å². The summed E-state index contributed by atoms with van der Waals surface area (Å²) in [7, 11) is 0. The molecule has 0 saturated carbocycles. The van der Waals surface area contributed by atoms with E-state index in [4.69, 9.17) is 0 Å². The molecule has 0 atom stereocenters. The van der Waals surface area contributed by atoms with Gasteiger partial charge in [-0.15, -0.1) is 0 Å². The van der Waals surface area contributed by atoms with E-state index in [0.717, 1.165) is 38.5 Å². The molecule has 0 N–H and O–H groups in total. The van der Waals surface area contributed by atoms with Crippen LogP contribution in [0.15, 0.2) is 0 Å². The van der Waals surface area contributed by atoms with Crippen molar-refractivity contribution in [2.24, 2.45) is 0 Å². The van der Waals surface area contributed by atoms with Crippen LogP contribution in [0.4, 0.5) is 0 Å². The third-order valence-electron chi connectivity index (χ3n) is 2.97. The second kappa shape index (κ2) is 27.0. The Balaban J connectivity index is -0.0000000579. The van der Waals surface area contributed by atoms with E-state index in [0.29, 0.717) is 0 Å². The van der Waals surface area contributed by atoms with Gasteiger partial charge in [0.1, 0.15) is 0 Å². The van der Waals surface area contributed by atoms with Gasteiger partial charge >= 0.3 is 68.4 Å². The van der Waals surface area contributed by atoms with Gasteiger partial charge in [0.2, 0.25) is 0 Å². The van der Waals surface area contributed by atoms with Crippen molar-refractivity contribution in [3.05, 3.63) is 0 Å². The number of carbonyl (C=O) groups is 2. The molecule has 0 amide bonds. The molecule has 0 bridgehead atoms. The molecule has 0 saturated heterocycles. The molecule has 0 aromatic carbocycles. The standard InChI is InChI=1S/2C8H16O2.Ba.Zn.2H/c2*1-2-3-4-5-6-7-8(9)10;;;;/h2*2-7H2,1H3,(H,9,10);;;;/q;;2*+2;2*-1/p-2. The Morgan fingerprint density at radius 1 is 0.682 bits per heavy atom. The second-order valence-electron chi connectivity index (χ2n) is 5.07. The van der Waals surface area contributed by atoms with Gasteiger partial charge in [-0.05, 0) is 25.7 Å². The Bertz CT molecular complexity index is 224. The molecule has 0 spiro atoms. The van der Waals surface area contributed by atoms with Crippen molar-refractivity contribution in [1.29, 1.82) is 0 Å². The Morgan fingerprint density at radius 3 is 1.18 bits per heavy atom. The van der Waals surface area contributed by atoms with Crippen molar-refractivity contribution in [2.75, 3.05) is 0 Å². The fourth-order valence-corrected chi connectivity index (χ4v) is 1.75. The van der Waals surface area contributed by atoms with Crippen LogP contribution in [0.1, 0.15) is 93.8 Å². The summed E-state index contributed by atoms with van der Waals surface area (Å²) in [5, 5.41) is 19.8. The quantitative estimate of drug-likeness (QED) is 0.309. The van der Waals surface area contributed by atoms with Gasteiger partial charge in [0, 0.05) is 11.9 Å². The summed E-state index contributed by atoms with van der Waals surface area (Å²) in [6.45, 7) is 4.28. The van der Waals surface area contributed by atoms with Crippen molar-refractivity contribution in [3.8, 4) is 0 Å². The molecule has 0 radical (unpaired) electrons. The largest absolute Gasteiger partial charge is 2.00 e. The molecule has 0 aromatic heterocycles. The number of unbranched alkanes of at least 4 members (excludes halogenated alkanes) is 8. The molecule has 6 heteroatoms. The van der Waals surface area contributed by atoms with E-state index in [1.807, 2.05) is 0 Å². The number of carboxylic acids is 2. The van der Waals surface area contributed by atoms with Gasteiger partial charge in [-0.3, -0.25) is 0 Å². The molecule has 4 nitrogen and oxygen atoms in total. The van der Waals surface area contributed by atoms with Gasteiger partial charge in [0.25, 0.3) is 0 Å². The number of rotatable bonds is 12. The predicted molar refractivity (Wildman–Crippen MR) is 84.7 cm³/mol. The molecule has 0 aliphatic heterocycles. The van der Waals surface area contributed by atoms with Crippen LogP contribution < -0.4 is 10.2 Å². The summed E-state index contributed by atoms with van der Waals surface area (Å²) >= 11 is 0. The van der Waals surface area contributed by atoms with Crippen molar-refractivity contribution < 1.29 is 42.1 Å². The van der Waals surface area contributed by atoms with Gasteiger partial charge in [0.05, 0.1) is 0 Å². The number of carbonyl (C=O) groups excluding carboxylic acids is 2. The first-order valence-electron chi connectivity index (χ1n) is 7.94. The van der Waals surface area contributed by atoms with Crippen LogP contribution in [0.25, 0.3) is 0 Å². The SMILES string of the molecule is CCCCCCCC(=O)[O-].CCCCCCCC(=O)[O-].[Ba+2].[H-].[H-].[Zn+2]. The van der Waals surface area contributed by atoms with Crippen LogP contribution in [0.2, 0.25) is 0 Å². The van der Waals surface area contributed by atoms with E-state index >= 15 is 0 Å². The first kappa shape index (κ1) is 31.0. The zero-order valence-electron chi connectivity index (χ0n) is 16.5. The third-order valence-corrected chi connectivity index (χ3v) is 2.97. The summed E-state index contributed by atoms with van der Waals surface area (Å²) in [6, 6.07) is 0. The van der Waals surface area contributed by atoms with Crippen molar-refractivity contribution in [2.45, 2.75) is 90.9 Å². The van der Waals surface area contributed by atoms with Gasteiger partial charge in [0.15, 0.2) is 0 Å². The summed E-state index contributed by atoms with van der Waals surface area (Å²) in [4.78, 5) is 19.8. The normalized spacial score (nSPS) is 8.82. The summed E-state index contributed by atoms with van der Waals surface area (Å²) in [5.74, 6) is -1.84. The van der Waals surface area contributed by atoms with Crippen molar-refractivity contribution >= 4 is 60.8 Å². The van der Waals surface area contributed by atoms with E-state index in [9.17, 15) is 19.8 Å². The monoisotopic (exact) mass is 490 g/mol.